The SMILES string of the molecule is CCSC(=O)OC[C@H]1O[C@@](C#N)(c2ccc3c(N)ncnn23)[C@H](OC(C)=O)[C@@H]1OC(C)=O. The zero-order chi connectivity index (χ0) is 23.5. The molecule has 1 fully saturated rings. The number of aromatic nitrogens is 3. The van der Waals surface area contributed by atoms with Crippen LogP contribution in [0.3, 0.4) is 0 Å². The quantitative estimate of drug-likeness (QED) is 0.480. The van der Waals surface area contributed by atoms with E-state index in [0.717, 1.165) is 25.6 Å². The Morgan fingerprint density at radius 2 is 2.03 bits per heavy atom. The molecule has 2 N–H and O–H groups in total. The molecule has 32 heavy (non-hydrogen) atoms. The smallest absolute Gasteiger partial charge is 0.367 e. The third-order valence-electron chi connectivity index (χ3n) is 4.65. The van der Waals surface area contributed by atoms with Gasteiger partial charge in [0.05, 0.1) is 5.69 Å². The van der Waals surface area contributed by atoms with Gasteiger partial charge in [-0.15, -0.1) is 0 Å². The van der Waals surface area contributed by atoms with E-state index < -0.39 is 41.2 Å². The number of nitrogen functional groups attached to an aromatic ring is 1. The van der Waals surface area contributed by atoms with Crippen molar-refractivity contribution in [2.45, 2.75) is 44.7 Å². The largest absolute Gasteiger partial charge is 0.455 e. The maximum atomic E-state index is 11.9. The molecule has 0 radical (unpaired) electrons. The topological polar surface area (TPSA) is 168 Å². The predicted molar refractivity (Wildman–Crippen MR) is 110 cm³/mol. The summed E-state index contributed by atoms with van der Waals surface area (Å²) in [5.74, 6) is -0.785. The number of hydrogen-bond donors (Lipinski definition) is 1. The number of carbonyl (C=O) groups excluding carboxylic acids is 3. The number of fused-ring (bicyclic) bond motifs is 1. The number of hydrogen-bond acceptors (Lipinski definition) is 12. The molecule has 3 heterocycles. The third-order valence-corrected chi connectivity index (χ3v) is 5.30. The van der Waals surface area contributed by atoms with Crippen LogP contribution < -0.4 is 5.73 Å². The van der Waals surface area contributed by atoms with Crippen LogP contribution in [-0.2, 0) is 34.1 Å². The van der Waals surface area contributed by atoms with Gasteiger partial charge in [-0.25, -0.2) is 14.3 Å². The minimum atomic E-state index is -1.95. The molecule has 2 aromatic heterocycles. The van der Waals surface area contributed by atoms with Crippen molar-refractivity contribution in [3.05, 3.63) is 24.2 Å². The molecule has 13 heteroatoms. The number of carbonyl (C=O) groups is 3. The molecule has 1 saturated heterocycles. The van der Waals surface area contributed by atoms with Gasteiger partial charge >= 0.3 is 17.2 Å². The van der Waals surface area contributed by atoms with E-state index in [0.29, 0.717) is 11.3 Å². The number of nitriles is 1. The Morgan fingerprint density at radius 1 is 1.31 bits per heavy atom. The van der Waals surface area contributed by atoms with Crippen LogP contribution >= 0.6 is 11.8 Å². The van der Waals surface area contributed by atoms with Gasteiger partial charge in [0.1, 0.15) is 30.6 Å². The van der Waals surface area contributed by atoms with E-state index in [4.69, 9.17) is 24.7 Å². The minimum Gasteiger partial charge on any atom is -0.455 e. The van der Waals surface area contributed by atoms with Gasteiger partial charge in [-0.1, -0.05) is 6.92 Å². The van der Waals surface area contributed by atoms with Gasteiger partial charge in [0, 0.05) is 19.6 Å². The number of esters is 2. The van der Waals surface area contributed by atoms with Gasteiger partial charge in [-0.05, 0) is 23.9 Å². The third kappa shape index (κ3) is 4.32. The summed E-state index contributed by atoms with van der Waals surface area (Å²) in [7, 11) is 0. The van der Waals surface area contributed by atoms with Crippen LogP contribution in [0.25, 0.3) is 5.52 Å². The summed E-state index contributed by atoms with van der Waals surface area (Å²) >= 11 is 0.938. The molecule has 170 valence electrons. The Morgan fingerprint density at radius 3 is 2.66 bits per heavy atom. The molecule has 0 aliphatic carbocycles. The number of ether oxygens (including phenoxy) is 4. The first-order valence-corrected chi connectivity index (χ1v) is 10.5. The summed E-state index contributed by atoms with van der Waals surface area (Å²) in [6.07, 6.45) is -2.53. The van der Waals surface area contributed by atoms with Crippen LogP contribution in [-0.4, -0.2) is 62.5 Å². The molecule has 1 aliphatic rings. The zero-order valence-electron chi connectivity index (χ0n) is 17.5. The first-order chi connectivity index (χ1) is 15.2. The number of nitrogens with zero attached hydrogens (tertiary/aromatic N) is 4. The molecule has 3 rings (SSSR count). The van der Waals surface area contributed by atoms with E-state index in [9.17, 15) is 19.6 Å². The summed E-state index contributed by atoms with van der Waals surface area (Å²) in [6.45, 7) is 3.75. The van der Waals surface area contributed by atoms with Gasteiger partial charge in [0.15, 0.2) is 18.0 Å². The van der Waals surface area contributed by atoms with Gasteiger partial charge in [-0.3, -0.25) is 9.59 Å². The summed E-state index contributed by atoms with van der Waals surface area (Å²) < 4.78 is 23.3. The van der Waals surface area contributed by atoms with Gasteiger partial charge in [-0.2, -0.15) is 10.4 Å². The molecular formula is C19H21N5O7S. The lowest BCUT2D eigenvalue weighted by Crippen LogP contribution is -2.45. The molecular weight excluding hydrogens is 442 g/mol. The van der Waals surface area contributed by atoms with Crippen molar-refractivity contribution in [2.75, 3.05) is 18.1 Å². The monoisotopic (exact) mass is 463 g/mol. The highest BCUT2D eigenvalue weighted by Gasteiger charge is 2.62. The van der Waals surface area contributed by atoms with E-state index in [1.54, 1.807) is 13.0 Å². The van der Waals surface area contributed by atoms with Crippen LogP contribution in [0.4, 0.5) is 10.6 Å². The fourth-order valence-electron chi connectivity index (χ4n) is 3.48. The number of nitrogens with two attached hydrogens (primary N) is 1. The van der Waals surface area contributed by atoms with E-state index in [1.807, 2.05) is 6.07 Å². The van der Waals surface area contributed by atoms with E-state index in [1.165, 1.54) is 16.9 Å². The highest BCUT2D eigenvalue weighted by atomic mass is 32.2. The van der Waals surface area contributed by atoms with Crippen molar-refractivity contribution < 1.29 is 33.3 Å². The fraction of sp³-hybridized carbons (Fsp3) is 0.474. The molecule has 1 aliphatic heterocycles. The average Bonchev–Trinajstić information content (AvgIpc) is 3.28. The Hall–Kier alpha value is -3.37. The number of thioether (sulfide) groups is 1. The molecule has 0 unspecified atom stereocenters. The summed E-state index contributed by atoms with van der Waals surface area (Å²) in [4.78, 5) is 39.5. The molecule has 0 spiro atoms. The Bertz CT molecular complexity index is 1080. The first kappa shape index (κ1) is 23.3. The fourth-order valence-corrected chi connectivity index (χ4v) is 3.87. The predicted octanol–water partition coefficient (Wildman–Crippen LogP) is 1.18. The van der Waals surface area contributed by atoms with Crippen molar-refractivity contribution in [1.29, 1.82) is 5.26 Å². The molecule has 0 saturated carbocycles. The zero-order valence-corrected chi connectivity index (χ0v) is 18.3. The van der Waals surface area contributed by atoms with Gasteiger partial charge in [0.2, 0.25) is 5.60 Å². The summed E-state index contributed by atoms with van der Waals surface area (Å²) in [5.41, 5.74) is 4.50. The van der Waals surface area contributed by atoms with Crippen LogP contribution in [0, 0.1) is 11.3 Å². The van der Waals surface area contributed by atoms with E-state index >= 15 is 0 Å². The van der Waals surface area contributed by atoms with Crippen LogP contribution in [0.5, 0.6) is 0 Å². The highest BCUT2D eigenvalue weighted by molar-refractivity contribution is 8.13. The first-order valence-electron chi connectivity index (χ1n) is 9.55. The summed E-state index contributed by atoms with van der Waals surface area (Å²) in [5, 5.41) is 13.8. The maximum Gasteiger partial charge on any atom is 0.367 e. The van der Waals surface area contributed by atoms with Crippen molar-refractivity contribution in [3.63, 3.8) is 0 Å². The molecule has 0 amide bonds. The minimum absolute atomic E-state index is 0.153. The molecule has 2 aromatic rings. The Balaban J connectivity index is 2.10. The van der Waals surface area contributed by atoms with Crippen molar-refractivity contribution in [1.82, 2.24) is 14.6 Å². The maximum absolute atomic E-state index is 11.9. The van der Waals surface area contributed by atoms with Gasteiger partial charge in [0.25, 0.3) is 0 Å². The highest BCUT2D eigenvalue weighted by Crippen LogP contribution is 2.43. The lowest BCUT2D eigenvalue weighted by Gasteiger charge is -2.28. The van der Waals surface area contributed by atoms with Crippen molar-refractivity contribution in [3.8, 4) is 6.07 Å². The van der Waals surface area contributed by atoms with E-state index in [2.05, 4.69) is 10.1 Å². The number of anilines is 1. The molecule has 0 aromatic carbocycles. The van der Waals surface area contributed by atoms with Crippen molar-refractivity contribution >= 4 is 40.3 Å². The number of rotatable bonds is 6. The lowest BCUT2D eigenvalue weighted by molar-refractivity contribution is -0.166. The molecule has 4 atom stereocenters. The standard InChI is InChI=1S/C19H21N5O7S/c1-4-32-18(27)28-7-13-15(29-10(2)25)16(30-11(3)26)19(8-20,31-13)14-6-5-12-17(21)22-9-23-24(12)14/h5-6,9,13,15-16H,4,7H2,1-3H3,(H2,21,22,23)/t13-,15-,16-,19+/m1/s1. The normalized spacial score (nSPS) is 24.6. The van der Waals surface area contributed by atoms with Crippen LogP contribution in [0.15, 0.2) is 18.5 Å². The summed E-state index contributed by atoms with van der Waals surface area (Å²) in [6, 6.07) is 5.13. The lowest BCUT2D eigenvalue weighted by atomic mass is 9.92. The van der Waals surface area contributed by atoms with Gasteiger partial charge < -0.3 is 24.7 Å². The second-order valence-corrected chi connectivity index (χ2v) is 7.96. The van der Waals surface area contributed by atoms with Crippen LogP contribution in [0.1, 0.15) is 26.5 Å². The molecule has 0 bridgehead atoms. The average molecular weight is 463 g/mol. The Kier molecular flexibility index (Phi) is 6.85. The molecule has 12 nitrogen and oxygen atoms in total. The van der Waals surface area contributed by atoms with Crippen LogP contribution in [0.2, 0.25) is 0 Å². The second-order valence-electron chi connectivity index (χ2n) is 6.76. The second kappa shape index (κ2) is 9.41. The van der Waals surface area contributed by atoms with Crippen molar-refractivity contribution in [2.24, 2.45) is 0 Å². The van der Waals surface area contributed by atoms with E-state index in [-0.39, 0.29) is 18.1 Å². The Labute approximate surface area is 186 Å².